The van der Waals surface area contributed by atoms with Crippen LogP contribution in [0.4, 0.5) is 0 Å². The first-order valence-corrected chi connectivity index (χ1v) is 42.3. The summed E-state index contributed by atoms with van der Waals surface area (Å²) in [6, 6.07) is 0. The predicted octanol–water partition coefficient (Wildman–Crippen LogP) is 22.2. The molecule has 17 nitrogen and oxygen atoms in total. The van der Waals surface area contributed by atoms with Crippen molar-refractivity contribution < 1.29 is 80.2 Å². The molecule has 0 rings (SSSR count). The highest BCUT2D eigenvalue weighted by Crippen LogP contribution is 2.45. The van der Waals surface area contributed by atoms with Crippen LogP contribution in [0.15, 0.2) is 0 Å². The minimum absolute atomic E-state index is 0.106. The zero-order valence-electron chi connectivity index (χ0n) is 62.1. The average Bonchev–Trinajstić information content (AvgIpc) is 1.56. The Labute approximate surface area is 581 Å². The Morgan fingerprint density at radius 1 is 0.284 bits per heavy atom. The summed E-state index contributed by atoms with van der Waals surface area (Å²) >= 11 is 0. The van der Waals surface area contributed by atoms with E-state index in [9.17, 15) is 43.2 Å². The van der Waals surface area contributed by atoms with Crippen LogP contribution in [-0.4, -0.2) is 96.7 Å². The molecule has 0 radical (unpaired) electrons. The lowest BCUT2D eigenvalue weighted by molar-refractivity contribution is -0.161. The topological polar surface area (TPSA) is 237 Å². The van der Waals surface area contributed by atoms with Crippen molar-refractivity contribution in [2.45, 2.75) is 407 Å². The highest BCUT2D eigenvalue weighted by atomic mass is 31.2. The van der Waals surface area contributed by atoms with E-state index in [0.717, 1.165) is 108 Å². The van der Waals surface area contributed by atoms with Crippen LogP contribution in [0.1, 0.15) is 389 Å². The van der Waals surface area contributed by atoms with Crippen molar-refractivity contribution in [3.63, 3.8) is 0 Å². The molecule has 95 heavy (non-hydrogen) atoms. The Morgan fingerprint density at radius 3 is 0.716 bits per heavy atom. The van der Waals surface area contributed by atoms with Crippen LogP contribution in [0.3, 0.4) is 0 Å². The van der Waals surface area contributed by atoms with E-state index in [0.29, 0.717) is 31.6 Å². The van der Waals surface area contributed by atoms with Crippen molar-refractivity contribution in [2.24, 2.45) is 17.8 Å². The Kier molecular flexibility index (Phi) is 65.2. The minimum Gasteiger partial charge on any atom is -0.462 e. The molecular weight excluding hydrogens is 1250 g/mol. The third-order valence-electron chi connectivity index (χ3n) is 17.6. The maximum absolute atomic E-state index is 13.1. The molecule has 564 valence electrons. The molecule has 0 bridgehead atoms. The molecule has 0 aromatic rings. The number of hydrogen-bond donors (Lipinski definition) is 3. The number of ether oxygens (including phenoxy) is 4. The number of phosphoric acid groups is 2. The van der Waals surface area contributed by atoms with Gasteiger partial charge in [0.2, 0.25) is 0 Å². The second kappa shape index (κ2) is 66.6. The van der Waals surface area contributed by atoms with E-state index in [1.807, 2.05) is 0 Å². The third-order valence-corrected chi connectivity index (χ3v) is 19.5. The Morgan fingerprint density at radius 2 is 0.484 bits per heavy atom. The summed E-state index contributed by atoms with van der Waals surface area (Å²) < 4.78 is 68.5. The van der Waals surface area contributed by atoms with Crippen molar-refractivity contribution in [3.8, 4) is 0 Å². The molecule has 0 spiro atoms. The molecule has 0 fully saturated rings. The molecule has 0 heterocycles. The average molecular weight is 1400 g/mol. The highest BCUT2D eigenvalue weighted by Gasteiger charge is 2.30. The molecule has 0 aliphatic carbocycles. The smallest absolute Gasteiger partial charge is 0.462 e. The van der Waals surface area contributed by atoms with Crippen LogP contribution in [0, 0.1) is 17.8 Å². The molecule has 0 saturated carbocycles. The van der Waals surface area contributed by atoms with Crippen molar-refractivity contribution in [1.29, 1.82) is 0 Å². The lowest BCUT2D eigenvalue weighted by Gasteiger charge is -2.21. The lowest BCUT2D eigenvalue weighted by Crippen LogP contribution is -2.30. The second-order valence-electron chi connectivity index (χ2n) is 28.8. The number of hydrogen-bond acceptors (Lipinski definition) is 15. The molecule has 0 aliphatic heterocycles. The van der Waals surface area contributed by atoms with Crippen molar-refractivity contribution in [3.05, 3.63) is 0 Å². The molecular formula is C76H148O17P2. The van der Waals surface area contributed by atoms with E-state index in [2.05, 4.69) is 48.5 Å². The van der Waals surface area contributed by atoms with Gasteiger partial charge < -0.3 is 33.8 Å². The lowest BCUT2D eigenvalue weighted by atomic mass is 10.0. The number of esters is 4. The zero-order chi connectivity index (χ0) is 70.1. The number of aliphatic hydroxyl groups is 1. The van der Waals surface area contributed by atoms with Crippen LogP contribution in [-0.2, 0) is 65.4 Å². The maximum atomic E-state index is 13.1. The van der Waals surface area contributed by atoms with Gasteiger partial charge in [0.25, 0.3) is 0 Å². The van der Waals surface area contributed by atoms with Gasteiger partial charge in [-0.1, -0.05) is 337 Å². The van der Waals surface area contributed by atoms with E-state index in [-0.39, 0.29) is 25.7 Å². The summed E-state index contributed by atoms with van der Waals surface area (Å²) in [5.74, 6) is 0.178. The van der Waals surface area contributed by atoms with Crippen LogP contribution in [0.2, 0.25) is 0 Å². The summed E-state index contributed by atoms with van der Waals surface area (Å²) in [6.45, 7) is 11.9. The largest absolute Gasteiger partial charge is 0.472 e. The molecule has 5 atom stereocenters. The van der Waals surface area contributed by atoms with Gasteiger partial charge in [-0.2, -0.15) is 0 Å². The van der Waals surface area contributed by atoms with E-state index in [1.54, 1.807) is 0 Å². The normalized spacial score (nSPS) is 14.1. The fourth-order valence-corrected chi connectivity index (χ4v) is 13.2. The number of carbonyl (C=O) groups excluding carboxylic acids is 4. The first-order valence-electron chi connectivity index (χ1n) is 39.3. The van der Waals surface area contributed by atoms with Gasteiger partial charge in [-0.25, -0.2) is 9.13 Å². The number of rotatable bonds is 74. The first-order chi connectivity index (χ1) is 45.7. The molecule has 0 aromatic heterocycles. The standard InChI is InChI=1S/C76H148O17P2/c1-8-9-10-11-12-13-22-30-37-45-52-59-75(80)93-72(64-87-74(79)58-51-44-39-32-35-42-49-56-69(6)7)66-91-95(84,85)89-62-70(77)61-88-94(82,83)90-65-71(63-86-73(78)57-50-43-36-29-25-21-20-24-28-34-41-48-55-68(4)5)92-76(81)60-53-46-38-31-26-19-17-15-14-16-18-23-27-33-40-47-54-67(2)3/h67-72,77H,8-66H2,1-7H3,(H,82,83)(H,84,85)/t70-,71-,72-/m1/s1. The van der Waals surface area contributed by atoms with Crippen LogP contribution < -0.4 is 0 Å². The Hall–Kier alpha value is -1.94. The predicted molar refractivity (Wildman–Crippen MR) is 386 cm³/mol. The van der Waals surface area contributed by atoms with Gasteiger partial charge in [0.05, 0.1) is 26.4 Å². The molecule has 0 saturated heterocycles. The minimum atomic E-state index is -4.96. The van der Waals surface area contributed by atoms with Gasteiger partial charge in [0, 0.05) is 25.7 Å². The summed E-state index contributed by atoms with van der Waals surface area (Å²) in [6.07, 6.45) is 52.8. The molecule has 0 amide bonds. The van der Waals surface area contributed by atoms with Gasteiger partial charge in [-0.15, -0.1) is 0 Å². The monoisotopic (exact) mass is 1400 g/mol. The van der Waals surface area contributed by atoms with Crippen molar-refractivity contribution in [1.82, 2.24) is 0 Å². The zero-order valence-corrected chi connectivity index (χ0v) is 63.9. The van der Waals surface area contributed by atoms with E-state index in [4.69, 9.17) is 37.0 Å². The third kappa shape index (κ3) is 70.3. The van der Waals surface area contributed by atoms with Gasteiger partial charge in [0.1, 0.15) is 19.3 Å². The van der Waals surface area contributed by atoms with Gasteiger partial charge in [-0.3, -0.25) is 37.3 Å². The Bertz CT molecular complexity index is 1850. The fourth-order valence-electron chi connectivity index (χ4n) is 11.6. The van der Waals surface area contributed by atoms with E-state index >= 15 is 0 Å². The second-order valence-corrected chi connectivity index (χ2v) is 31.7. The molecule has 2 unspecified atom stereocenters. The van der Waals surface area contributed by atoms with Crippen molar-refractivity contribution >= 4 is 39.5 Å². The van der Waals surface area contributed by atoms with Crippen LogP contribution >= 0.6 is 15.6 Å². The number of aliphatic hydroxyl groups excluding tert-OH is 1. The van der Waals surface area contributed by atoms with E-state index in [1.165, 1.54) is 193 Å². The number of phosphoric ester groups is 2. The fraction of sp³-hybridized carbons (Fsp3) is 0.947. The van der Waals surface area contributed by atoms with Gasteiger partial charge in [-0.05, 0) is 43.4 Å². The summed E-state index contributed by atoms with van der Waals surface area (Å²) in [4.78, 5) is 72.8. The summed E-state index contributed by atoms with van der Waals surface area (Å²) in [5.41, 5.74) is 0. The molecule has 0 aromatic carbocycles. The SMILES string of the molecule is CCCCCCCCCCCCCC(=O)O[C@H](COC(=O)CCCCCCCCCC(C)C)COP(=O)(O)OC[C@H](O)COP(=O)(O)OC[C@@H](COC(=O)CCCCCCCCCCCCCCC(C)C)OC(=O)CCCCCCCCCCCCCCCCCCC(C)C. The van der Waals surface area contributed by atoms with Gasteiger partial charge in [0.15, 0.2) is 12.2 Å². The highest BCUT2D eigenvalue weighted by molar-refractivity contribution is 7.47. The van der Waals surface area contributed by atoms with Crippen LogP contribution in [0.5, 0.6) is 0 Å². The first kappa shape index (κ1) is 93.1. The number of carbonyl (C=O) groups is 4. The molecule has 0 aliphatic rings. The van der Waals surface area contributed by atoms with E-state index < -0.39 is 97.5 Å². The van der Waals surface area contributed by atoms with Crippen LogP contribution in [0.25, 0.3) is 0 Å². The summed E-state index contributed by atoms with van der Waals surface area (Å²) in [7, 11) is -9.91. The van der Waals surface area contributed by atoms with Crippen molar-refractivity contribution in [2.75, 3.05) is 39.6 Å². The van der Waals surface area contributed by atoms with Gasteiger partial charge >= 0.3 is 39.5 Å². The molecule has 3 N–H and O–H groups in total. The summed E-state index contributed by atoms with van der Waals surface area (Å²) in [5, 5.41) is 10.6. The maximum Gasteiger partial charge on any atom is 0.472 e. The molecule has 19 heteroatoms. The quantitative estimate of drug-likeness (QED) is 0.0222. The number of unbranched alkanes of at least 4 members (excludes halogenated alkanes) is 42. The Balaban J connectivity index is 5.23.